The lowest BCUT2D eigenvalue weighted by atomic mass is 10.1. The largest absolute Gasteiger partial charge is 0.205 e. The predicted octanol–water partition coefficient (Wildman–Crippen LogP) is 7.81. The van der Waals surface area contributed by atoms with Gasteiger partial charge in [0.15, 0.2) is 58.2 Å². The number of hydrogen-bond donors (Lipinski definition) is 0. The summed E-state index contributed by atoms with van der Waals surface area (Å²) in [5.74, 6) is -19.8. The summed E-state index contributed by atoms with van der Waals surface area (Å²) in [6.45, 7) is 0. The Kier molecular flexibility index (Phi) is 3.86. The maximum Gasteiger partial charge on any atom is 0.198 e. The second kappa shape index (κ2) is 5.97. The minimum atomic E-state index is -2.27. The van der Waals surface area contributed by atoms with E-state index in [0.717, 1.165) is 0 Å². The van der Waals surface area contributed by atoms with Gasteiger partial charge in [-0.05, 0) is 0 Å². The van der Waals surface area contributed by atoms with Crippen molar-refractivity contribution in [2.45, 2.75) is 0 Å². The summed E-state index contributed by atoms with van der Waals surface area (Å²) in [4.78, 5) is 0. The first-order valence-electron chi connectivity index (χ1n) is 7.71. The van der Waals surface area contributed by atoms with Crippen LogP contribution in [0.15, 0.2) is 0 Å². The van der Waals surface area contributed by atoms with Crippen LogP contribution in [0.2, 0.25) is 0 Å². The number of hydrogen-bond acceptors (Lipinski definition) is 2. The Hall–Kier alpha value is -2.60. The number of thiophene rings is 2. The molecule has 12 heteroatoms. The van der Waals surface area contributed by atoms with E-state index in [0.29, 0.717) is 0 Å². The molecule has 5 aromatic rings. The van der Waals surface area contributed by atoms with Crippen molar-refractivity contribution in [3.05, 3.63) is 58.2 Å². The molecule has 0 fully saturated rings. The van der Waals surface area contributed by atoms with Gasteiger partial charge < -0.3 is 0 Å². The van der Waals surface area contributed by atoms with Crippen molar-refractivity contribution in [1.82, 2.24) is 0 Å². The van der Waals surface area contributed by atoms with Gasteiger partial charge in [0.25, 0.3) is 0 Å². The summed E-state index contributed by atoms with van der Waals surface area (Å²) in [6, 6.07) is 0. The van der Waals surface area contributed by atoms with Gasteiger partial charge in [0.05, 0.1) is 18.8 Å². The molecule has 2 aromatic heterocycles. The first-order valence-corrected chi connectivity index (χ1v) is 9.34. The topological polar surface area (TPSA) is 0 Å². The van der Waals surface area contributed by atoms with Crippen molar-refractivity contribution < 1.29 is 43.9 Å². The Morgan fingerprint density at radius 3 is 0.833 bits per heavy atom. The van der Waals surface area contributed by atoms with Gasteiger partial charge >= 0.3 is 0 Å². The van der Waals surface area contributed by atoms with Crippen LogP contribution in [0.5, 0.6) is 0 Å². The molecule has 0 N–H and O–H groups in total. The van der Waals surface area contributed by atoms with Gasteiger partial charge in [0, 0.05) is 21.5 Å². The summed E-state index contributed by atoms with van der Waals surface area (Å²) in [6.07, 6.45) is 0. The summed E-state index contributed by atoms with van der Waals surface area (Å²) in [5.41, 5.74) is 0. The van der Waals surface area contributed by atoms with E-state index >= 15 is 8.78 Å². The smallest absolute Gasteiger partial charge is 0.198 e. The van der Waals surface area contributed by atoms with Gasteiger partial charge in [-0.15, -0.1) is 22.7 Å². The van der Waals surface area contributed by atoms with Gasteiger partial charge in [-0.1, -0.05) is 0 Å². The van der Waals surface area contributed by atoms with Crippen molar-refractivity contribution in [3.8, 4) is 0 Å². The quantitative estimate of drug-likeness (QED) is 0.123. The maximum atomic E-state index is 15.2. The highest BCUT2D eigenvalue weighted by molar-refractivity contribution is 7.27. The van der Waals surface area contributed by atoms with Crippen LogP contribution in [0.1, 0.15) is 0 Å². The average molecular weight is 470 g/mol. The Bertz CT molecular complexity index is 1480. The third kappa shape index (κ3) is 2.07. The normalized spacial score (nSPS) is 12.3. The molecule has 0 nitrogen and oxygen atoms in total. The maximum absolute atomic E-state index is 15.2. The Morgan fingerprint density at radius 2 is 0.500 bits per heavy atom. The monoisotopic (exact) mass is 470 g/mol. The lowest BCUT2D eigenvalue weighted by Crippen LogP contribution is -1.97. The summed E-state index contributed by atoms with van der Waals surface area (Å²) < 4.78 is 138. The van der Waals surface area contributed by atoms with Crippen molar-refractivity contribution in [2.75, 3.05) is 0 Å². The molecule has 0 saturated heterocycles. The molecule has 0 saturated carbocycles. The fraction of sp³-hybridized carbons (Fsp3) is 0. The zero-order valence-corrected chi connectivity index (χ0v) is 15.2. The molecule has 0 radical (unpaired) electrons. The van der Waals surface area contributed by atoms with Crippen molar-refractivity contribution in [1.29, 1.82) is 0 Å². The van der Waals surface area contributed by atoms with Gasteiger partial charge in [0.2, 0.25) is 0 Å². The first kappa shape index (κ1) is 19.4. The zero-order chi connectivity index (χ0) is 21.8. The predicted molar refractivity (Wildman–Crippen MR) is 91.8 cm³/mol. The molecule has 0 bridgehead atoms. The van der Waals surface area contributed by atoms with Crippen LogP contribution >= 0.6 is 22.7 Å². The van der Waals surface area contributed by atoms with Gasteiger partial charge in [-0.25, -0.2) is 43.9 Å². The van der Waals surface area contributed by atoms with Crippen LogP contribution in [0.3, 0.4) is 0 Å². The van der Waals surface area contributed by atoms with E-state index in [2.05, 4.69) is 0 Å². The molecule has 0 aliphatic heterocycles. The second-order valence-corrected chi connectivity index (χ2v) is 8.20. The van der Waals surface area contributed by atoms with E-state index in [4.69, 9.17) is 0 Å². The fourth-order valence-electron chi connectivity index (χ4n) is 3.35. The third-order valence-corrected chi connectivity index (χ3v) is 7.00. The van der Waals surface area contributed by atoms with Crippen molar-refractivity contribution in [2.24, 2.45) is 0 Å². The van der Waals surface area contributed by atoms with Crippen LogP contribution in [-0.4, -0.2) is 0 Å². The van der Waals surface area contributed by atoms with E-state index in [1.807, 2.05) is 0 Å². The van der Waals surface area contributed by atoms with Gasteiger partial charge in [-0.3, -0.25) is 0 Å². The number of rotatable bonds is 0. The molecule has 0 aliphatic rings. The molecule has 0 aliphatic carbocycles. The Morgan fingerprint density at radius 1 is 0.267 bits per heavy atom. The number of fused-ring (bicyclic) bond motifs is 6. The van der Waals surface area contributed by atoms with E-state index < -0.39 is 98.5 Å². The fourth-order valence-corrected chi connectivity index (χ4v) is 5.67. The second-order valence-electron chi connectivity index (χ2n) is 6.16. The molecule has 154 valence electrons. The lowest BCUT2D eigenvalue weighted by molar-refractivity contribution is 0.419. The highest BCUT2D eigenvalue weighted by atomic mass is 32.1. The molecule has 0 atom stereocenters. The number of benzene rings is 3. The van der Waals surface area contributed by atoms with E-state index in [1.54, 1.807) is 0 Å². The molecular weight excluding hydrogens is 470 g/mol. The molecule has 3 aromatic carbocycles. The zero-order valence-electron chi connectivity index (χ0n) is 13.6. The van der Waals surface area contributed by atoms with Crippen LogP contribution in [0, 0.1) is 58.2 Å². The average Bonchev–Trinajstić information content (AvgIpc) is 3.32. The van der Waals surface area contributed by atoms with Crippen LogP contribution in [0.25, 0.3) is 40.3 Å². The van der Waals surface area contributed by atoms with Crippen LogP contribution < -0.4 is 0 Å². The van der Waals surface area contributed by atoms with Crippen LogP contribution in [-0.2, 0) is 0 Å². The molecule has 5 rings (SSSR count). The molecule has 30 heavy (non-hydrogen) atoms. The minimum Gasteiger partial charge on any atom is -0.205 e. The summed E-state index contributed by atoms with van der Waals surface area (Å²) >= 11 is -0.0115. The SMILES string of the molecule is Fc1c(F)c(F)c2c(sc3c(F)c4c(sc5c(F)c(F)c(F)c(F)c54)c(F)c32)c1F. The minimum absolute atomic E-state index is 0.00575. The standard InChI is InChI=1S/C18F10S2/c19-5-1-3-7(21)16-4(2-6(20)10(24)12(26)14(28)18(2)30-16)8(22)15(3)29-17(1)13(27)11(25)9(5)23. The third-order valence-electron chi connectivity index (χ3n) is 4.65. The summed E-state index contributed by atoms with van der Waals surface area (Å²) in [7, 11) is 0. The molecule has 0 unspecified atom stereocenters. The Balaban J connectivity index is 2.14. The Labute approximate surface area is 165 Å². The molecule has 0 spiro atoms. The highest BCUT2D eigenvalue weighted by Gasteiger charge is 2.32. The highest BCUT2D eigenvalue weighted by Crippen LogP contribution is 2.49. The first-order chi connectivity index (χ1) is 14.1. The van der Waals surface area contributed by atoms with E-state index in [1.165, 1.54) is 0 Å². The van der Waals surface area contributed by atoms with Crippen molar-refractivity contribution >= 4 is 63.0 Å². The molecule has 0 amide bonds. The van der Waals surface area contributed by atoms with E-state index in [9.17, 15) is 35.1 Å². The van der Waals surface area contributed by atoms with E-state index in [-0.39, 0.29) is 22.7 Å². The van der Waals surface area contributed by atoms with Crippen LogP contribution in [0.4, 0.5) is 43.9 Å². The molecule has 2 heterocycles. The van der Waals surface area contributed by atoms with Crippen molar-refractivity contribution in [3.63, 3.8) is 0 Å². The van der Waals surface area contributed by atoms with Gasteiger partial charge in [0.1, 0.15) is 0 Å². The summed E-state index contributed by atoms with van der Waals surface area (Å²) in [5, 5.41) is -4.21. The number of halogens is 10. The molecular formula is C18F10S2. The van der Waals surface area contributed by atoms with Gasteiger partial charge in [-0.2, -0.15) is 0 Å². The lowest BCUT2D eigenvalue weighted by Gasteiger charge is -2.03.